The Bertz CT molecular complexity index is 391. The molecular weight excluding hydrogens is 234 g/mol. The van der Waals surface area contributed by atoms with E-state index < -0.39 is 0 Å². The fraction of sp³-hybridized carbons (Fsp3) is 0.647. The van der Waals surface area contributed by atoms with E-state index >= 15 is 0 Å². The van der Waals surface area contributed by atoms with Crippen LogP contribution in [0.2, 0.25) is 0 Å². The standard InChI is InChI=1S/C17H27NO/c1-4-9-18-14(3)10-13(2)11-15-12-19-17-8-6-5-7-16(15)17/h5-8,13-15,18H,4,9-12H2,1-3H3. The predicted molar refractivity (Wildman–Crippen MR) is 80.8 cm³/mol. The van der Waals surface area contributed by atoms with Crippen molar-refractivity contribution in [2.75, 3.05) is 13.2 Å². The zero-order chi connectivity index (χ0) is 13.7. The summed E-state index contributed by atoms with van der Waals surface area (Å²) < 4.78 is 5.77. The van der Waals surface area contributed by atoms with Gasteiger partial charge in [-0.3, -0.25) is 0 Å². The van der Waals surface area contributed by atoms with E-state index in [0.29, 0.717) is 12.0 Å². The molecule has 0 bridgehead atoms. The second-order valence-electron chi connectivity index (χ2n) is 5.98. The molecule has 106 valence electrons. The third-order valence-electron chi connectivity index (χ3n) is 3.98. The molecule has 1 heterocycles. The first kappa shape index (κ1) is 14.4. The second kappa shape index (κ2) is 6.95. The lowest BCUT2D eigenvalue weighted by atomic mass is 9.88. The van der Waals surface area contributed by atoms with Gasteiger partial charge in [-0.1, -0.05) is 32.0 Å². The van der Waals surface area contributed by atoms with Gasteiger partial charge in [0.05, 0.1) is 6.61 Å². The summed E-state index contributed by atoms with van der Waals surface area (Å²) in [4.78, 5) is 0. The highest BCUT2D eigenvalue weighted by molar-refractivity contribution is 5.39. The molecule has 1 aliphatic rings. The monoisotopic (exact) mass is 261 g/mol. The molecule has 2 nitrogen and oxygen atoms in total. The van der Waals surface area contributed by atoms with Crippen molar-refractivity contribution in [3.8, 4) is 5.75 Å². The van der Waals surface area contributed by atoms with Crippen LogP contribution >= 0.6 is 0 Å². The Labute approximate surface area is 117 Å². The van der Waals surface area contributed by atoms with Crippen LogP contribution in [0.25, 0.3) is 0 Å². The first-order valence-electron chi connectivity index (χ1n) is 7.65. The smallest absolute Gasteiger partial charge is 0.122 e. The Hall–Kier alpha value is -1.02. The maximum absolute atomic E-state index is 5.77. The zero-order valence-electron chi connectivity index (χ0n) is 12.5. The number of hydrogen-bond acceptors (Lipinski definition) is 2. The third-order valence-corrected chi connectivity index (χ3v) is 3.98. The van der Waals surface area contributed by atoms with Gasteiger partial charge in [0.25, 0.3) is 0 Å². The Morgan fingerprint density at radius 2 is 2.11 bits per heavy atom. The summed E-state index contributed by atoms with van der Waals surface area (Å²) in [6, 6.07) is 9.11. The van der Waals surface area contributed by atoms with Crippen molar-refractivity contribution in [1.82, 2.24) is 5.32 Å². The lowest BCUT2D eigenvalue weighted by molar-refractivity contribution is 0.299. The molecule has 1 aliphatic heterocycles. The average Bonchev–Trinajstić information content (AvgIpc) is 2.80. The molecule has 19 heavy (non-hydrogen) atoms. The molecule has 0 spiro atoms. The van der Waals surface area contributed by atoms with E-state index in [0.717, 1.165) is 24.8 Å². The van der Waals surface area contributed by atoms with Crippen molar-refractivity contribution in [3.63, 3.8) is 0 Å². The summed E-state index contributed by atoms with van der Waals surface area (Å²) in [5.74, 6) is 2.42. The maximum Gasteiger partial charge on any atom is 0.122 e. The van der Waals surface area contributed by atoms with Gasteiger partial charge in [-0.25, -0.2) is 0 Å². The topological polar surface area (TPSA) is 21.3 Å². The molecular formula is C17H27NO. The molecule has 0 saturated heterocycles. The molecule has 3 atom stereocenters. The summed E-state index contributed by atoms with van der Waals surface area (Å²) in [6.07, 6.45) is 3.69. The highest BCUT2D eigenvalue weighted by Gasteiger charge is 2.25. The fourth-order valence-corrected chi connectivity index (χ4v) is 3.08. The minimum Gasteiger partial charge on any atom is -0.493 e. The Morgan fingerprint density at radius 3 is 2.89 bits per heavy atom. The third kappa shape index (κ3) is 3.97. The minimum absolute atomic E-state index is 0.588. The van der Waals surface area contributed by atoms with E-state index in [4.69, 9.17) is 4.74 Å². The Morgan fingerprint density at radius 1 is 1.32 bits per heavy atom. The van der Waals surface area contributed by atoms with Crippen LogP contribution in [0, 0.1) is 5.92 Å². The predicted octanol–water partition coefficient (Wildman–Crippen LogP) is 3.97. The van der Waals surface area contributed by atoms with Crippen molar-refractivity contribution in [3.05, 3.63) is 29.8 Å². The van der Waals surface area contributed by atoms with Gasteiger partial charge in [-0.05, 0) is 44.7 Å². The molecule has 0 aliphatic carbocycles. The van der Waals surface area contributed by atoms with Crippen molar-refractivity contribution >= 4 is 0 Å². The van der Waals surface area contributed by atoms with E-state index in [1.807, 2.05) is 0 Å². The van der Waals surface area contributed by atoms with Gasteiger partial charge in [0.2, 0.25) is 0 Å². The van der Waals surface area contributed by atoms with Crippen LogP contribution in [0.4, 0.5) is 0 Å². The summed E-state index contributed by atoms with van der Waals surface area (Å²) in [7, 11) is 0. The number of benzene rings is 1. The zero-order valence-corrected chi connectivity index (χ0v) is 12.5. The molecule has 0 radical (unpaired) electrons. The van der Waals surface area contributed by atoms with E-state index in [1.165, 1.54) is 24.8 Å². The van der Waals surface area contributed by atoms with Gasteiger partial charge in [0.1, 0.15) is 5.75 Å². The van der Waals surface area contributed by atoms with Gasteiger partial charge in [0.15, 0.2) is 0 Å². The van der Waals surface area contributed by atoms with Crippen molar-refractivity contribution < 1.29 is 4.74 Å². The minimum atomic E-state index is 0.588. The van der Waals surface area contributed by atoms with Crippen LogP contribution < -0.4 is 10.1 Å². The number of para-hydroxylation sites is 1. The molecule has 2 rings (SSSR count). The average molecular weight is 261 g/mol. The SMILES string of the molecule is CCCNC(C)CC(C)CC1COc2ccccc21. The summed E-state index contributed by atoms with van der Waals surface area (Å²) in [5.41, 5.74) is 1.41. The highest BCUT2D eigenvalue weighted by atomic mass is 16.5. The van der Waals surface area contributed by atoms with Crippen LogP contribution in [-0.4, -0.2) is 19.2 Å². The molecule has 3 unspecified atom stereocenters. The summed E-state index contributed by atoms with van der Waals surface area (Å²) in [6.45, 7) is 8.87. The van der Waals surface area contributed by atoms with Gasteiger partial charge in [-0.2, -0.15) is 0 Å². The molecule has 1 aromatic rings. The number of rotatable bonds is 7. The normalized spacial score (nSPS) is 20.7. The van der Waals surface area contributed by atoms with Crippen LogP contribution in [0.5, 0.6) is 5.75 Å². The van der Waals surface area contributed by atoms with E-state index in [9.17, 15) is 0 Å². The number of fused-ring (bicyclic) bond motifs is 1. The summed E-state index contributed by atoms with van der Waals surface area (Å²) in [5, 5.41) is 3.58. The second-order valence-corrected chi connectivity index (χ2v) is 5.98. The molecule has 0 saturated carbocycles. The fourth-order valence-electron chi connectivity index (χ4n) is 3.08. The van der Waals surface area contributed by atoms with Crippen LogP contribution in [0.1, 0.15) is 51.5 Å². The summed E-state index contributed by atoms with van der Waals surface area (Å²) >= 11 is 0. The van der Waals surface area contributed by atoms with Crippen molar-refractivity contribution in [2.24, 2.45) is 5.92 Å². The van der Waals surface area contributed by atoms with Crippen LogP contribution in [0.3, 0.4) is 0 Å². The maximum atomic E-state index is 5.77. The van der Waals surface area contributed by atoms with Crippen molar-refractivity contribution in [1.29, 1.82) is 0 Å². The first-order valence-corrected chi connectivity index (χ1v) is 7.65. The number of ether oxygens (including phenoxy) is 1. The largest absolute Gasteiger partial charge is 0.493 e. The van der Waals surface area contributed by atoms with E-state index in [-0.39, 0.29) is 0 Å². The molecule has 0 amide bonds. The molecule has 2 heteroatoms. The molecule has 1 aromatic carbocycles. The quantitative estimate of drug-likeness (QED) is 0.802. The van der Waals surface area contributed by atoms with E-state index in [2.05, 4.69) is 50.4 Å². The van der Waals surface area contributed by atoms with E-state index in [1.54, 1.807) is 0 Å². The Kier molecular flexibility index (Phi) is 5.26. The molecule has 0 fully saturated rings. The lowest BCUT2D eigenvalue weighted by Crippen LogP contribution is -2.28. The van der Waals surface area contributed by atoms with Gasteiger partial charge in [0, 0.05) is 17.5 Å². The lowest BCUT2D eigenvalue weighted by Gasteiger charge is -2.20. The number of nitrogens with one attached hydrogen (secondary N) is 1. The van der Waals surface area contributed by atoms with Crippen LogP contribution in [0.15, 0.2) is 24.3 Å². The molecule has 1 N–H and O–H groups in total. The highest BCUT2D eigenvalue weighted by Crippen LogP contribution is 2.37. The number of hydrogen-bond donors (Lipinski definition) is 1. The van der Waals surface area contributed by atoms with Crippen LogP contribution in [-0.2, 0) is 0 Å². The Balaban J connectivity index is 1.82. The van der Waals surface area contributed by atoms with Gasteiger partial charge in [-0.15, -0.1) is 0 Å². The van der Waals surface area contributed by atoms with Crippen molar-refractivity contribution in [2.45, 2.75) is 52.0 Å². The van der Waals surface area contributed by atoms with Gasteiger partial charge < -0.3 is 10.1 Å². The first-order chi connectivity index (χ1) is 9.20. The molecule has 0 aromatic heterocycles. The van der Waals surface area contributed by atoms with Gasteiger partial charge >= 0.3 is 0 Å².